The van der Waals surface area contributed by atoms with E-state index >= 15 is 0 Å². The van der Waals surface area contributed by atoms with Gasteiger partial charge in [0.1, 0.15) is 11.6 Å². The Balaban J connectivity index is 1.58. The van der Waals surface area contributed by atoms with Crippen molar-refractivity contribution in [3.05, 3.63) is 71.4 Å². The van der Waals surface area contributed by atoms with Gasteiger partial charge < -0.3 is 10.1 Å². The molecule has 3 N–H and O–H groups in total. The molecule has 0 bridgehead atoms. The quantitative estimate of drug-likeness (QED) is 0.444. The molecule has 4 rings (SSSR count). The number of aromatic carboxylic acids is 1. The van der Waals surface area contributed by atoms with Crippen molar-refractivity contribution >= 4 is 44.4 Å². The Labute approximate surface area is 170 Å². The van der Waals surface area contributed by atoms with Gasteiger partial charge in [-0.3, -0.25) is 4.72 Å². The fourth-order valence-corrected chi connectivity index (χ4v) is 3.82. The highest BCUT2D eigenvalue weighted by Gasteiger charge is 2.15. The second kappa shape index (κ2) is 7.19. The maximum Gasteiger partial charge on any atom is 0.335 e. The molecule has 146 valence electrons. The number of nitrogens with zero attached hydrogens (tertiary/aromatic N) is 2. The molecule has 10 heteroatoms. The Hall–Kier alpha value is -3.43. The third kappa shape index (κ3) is 3.91. The highest BCUT2D eigenvalue weighted by Crippen LogP contribution is 2.23. The van der Waals surface area contributed by atoms with E-state index in [1.807, 2.05) is 0 Å². The Morgan fingerprint density at radius 2 is 1.83 bits per heavy atom. The van der Waals surface area contributed by atoms with E-state index in [0.717, 1.165) is 0 Å². The molecule has 0 saturated carbocycles. The first-order valence-electron chi connectivity index (χ1n) is 8.30. The number of nitrogens with one attached hydrogen (secondary N) is 2. The average Bonchev–Trinajstić information content (AvgIpc) is 3.12. The van der Waals surface area contributed by atoms with Crippen LogP contribution in [0, 0.1) is 0 Å². The van der Waals surface area contributed by atoms with Crippen molar-refractivity contribution in [2.24, 2.45) is 0 Å². The molecule has 0 atom stereocenters. The average molecular weight is 429 g/mol. The molecule has 0 spiro atoms. The number of imidazole rings is 1. The van der Waals surface area contributed by atoms with Crippen LogP contribution in [-0.2, 0) is 10.0 Å². The number of hydrogen-bond donors (Lipinski definition) is 3. The van der Waals surface area contributed by atoms with E-state index in [0.29, 0.717) is 27.4 Å². The van der Waals surface area contributed by atoms with Crippen LogP contribution >= 0.6 is 11.6 Å². The monoisotopic (exact) mass is 428 g/mol. The Morgan fingerprint density at radius 1 is 1.07 bits per heavy atom. The number of hydrogen-bond acceptors (Lipinski definition) is 5. The molecule has 0 aliphatic rings. The van der Waals surface area contributed by atoms with Crippen molar-refractivity contribution in [3.63, 3.8) is 0 Å². The lowest BCUT2D eigenvalue weighted by Crippen LogP contribution is -2.13. The summed E-state index contributed by atoms with van der Waals surface area (Å²) in [5.41, 5.74) is 1.95. The molecule has 29 heavy (non-hydrogen) atoms. The minimum absolute atomic E-state index is 0.0688. The lowest BCUT2D eigenvalue weighted by molar-refractivity contribution is 0.0697. The number of rotatable bonds is 5. The minimum atomic E-state index is -3.79. The smallest absolute Gasteiger partial charge is 0.335 e. The Bertz CT molecular complexity index is 1320. The summed E-state index contributed by atoms with van der Waals surface area (Å²) in [7, 11) is -3.79. The highest BCUT2D eigenvalue weighted by atomic mass is 35.5. The second-order valence-electron chi connectivity index (χ2n) is 6.11. The van der Waals surface area contributed by atoms with Gasteiger partial charge in [-0.15, -0.1) is 0 Å². The molecule has 0 amide bonds. The van der Waals surface area contributed by atoms with E-state index in [1.54, 1.807) is 12.1 Å². The predicted octanol–water partition coefficient (Wildman–Crippen LogP) is 3.78. The fourth-order valence-electron chi connectivity index (χ4n) is 2.68. The molecule has 0 radical (unpaired) electrons. The number of aromatic nitrogens is 3. The third-order valence-corrected chi connectivity index (χ3v) is 5.75. The van der Waals surface area contributed by atoms with Gasteiger partial charge in [-0.1, -0.05) is 11.6 Å². The van der Waals surface area contributed by atoms with Crippen LogP contribution in [0.2, 0.25) is 5.02 Å². The summed E-state index contributed by atoms with van der Waals surface area (Å²) in [6.07, 6.45) is 1.47. The number of sulfonamides is 1. The van der Waals surface area contributed by atoms with Crippen molar-refractivity contribution in [2.45, 2.75) is 4.90 Å². The SMILES string of the molecule is O=C(O)c1ccc2nc(-c3ccc(NS(=O)(=O)c4ccc(Cl)cc4)nc3)[nH]c2c1. The molecule has 0 aliphatic heterocycles. The Morgan fingerprint density at radius 3 is 2.48 bits per heavy atom. The zero-order valence-corrected chi connectivity index (χ0v) is 16.2. The number of benzene rings is 2. The lowest BCUT2D eigenvalue weighted by atomic mass is 10.2. The summed E-state index contributed by atoms with van der Waals surface area (Å²) >= 11 is 5.79. The molecule has 0 unspecified atom stereocenters. The standard InChI is InChI=1S/C19H13ClN4O4S/c20-13-3-5-14(6-4-13)29(27,28)24-17-8-2-12(10-21-17)18-22-15-7-1-11(19(25)26)9-16(15)23-18/h1-10H,(H,21,24)(H,22,23)(H,25,26). The molecule has 2 heterocycles. The van der Waals surface area contributed by atoms with Crippen LogP contribution in [0.1, 0.15) is 10.4 Å². The third-order valence-electron chi connectivity index (χ3n) is 4.13. The van der Waals surface area contributed by atoms with Gasteiger partial charge in [-0.2, -0.15) is 0 Å². The summed E-state index contributed by atoms with van der Waals surface area (Å²) in [5, 5.41) is 9.52. The van der Waals surface area contributed by atoms with E-state index in [4.69, 9.17) is 16.7 Å². The van der Waals surface area contributed by atoms with Crippen LogP contribution < -0.4 is 4.72 Å². The van der Waals surface area contributed by atoms with Gasteiger partial charge in [0.15, 0.2) is 0 Å². The van der Waals surface area contributed by atoms with Crippen molar-refractivity contribution in [2.75, 3.05) is 4.72 Å². The van der Waals surface area contributed by atoms with Crippen LogP contribution in [0.4, 0.5) is 5.82 Å². The first kappa shape index (κ1) is 18.9. The molecule has 4 aromatic rings. The number of halogens is 1. The number of anilines is 1. The zero-order valence-electron chi connectivity index (χ0n) is 14.6. The highest BCUT2D eigenvalue weighted by molar-refractivity contribution is 7.92. The number of aromatic amines is 1. The van der Waals surface area contributed by atoms with E-state index in [2.05, 4.69) is 19.7 Å². The van der Waals surface area contributed by atoms with Crippen molar-refractivity contribution in [1.82, 2.24) is 15.0 Å². The van der Waals surface area contributed by atoms with Crippen LogP contribution in [0.25, 0.3) is 22.4 Å². The van der Waals surface area contributed by atoms with Gasteiger partial charge in [0.25, 0.3) is 10.0 Å². The molecule has 0 saturated heterocycles. The van der Waals surface area contributed by atoms with Crippen molar-refractivity contribution in [3.8, 4) is 11.4 Å². The molecule has 0 fully saturated rings. The summed E-state index contributed by atoms with van der Waals surface area (Å²) < 4.78 is 27.2. The van der Waals surface area contributed by atoms with E-state index in [-0.39, 0.29) is 16.3 Å². The summed E-state index contributed by atoms with van der Waals surface area (Å²) in [6.45, 7) is 0. The zero-order chi connectivity index (χ0) is 20.6. The molecule has 8 nitrogen and oxygen atoms in total. The largest absolute Gasteiger partial charge is 0.478 e. The minimum Gasteiger partial charge on any atom is -0.478 e. The van der Waals surface area contributed by atoms with Gasteiger partial charge in [-0.25, -0.2) is 23.2 Å². The molecule has 0 aliphatic carbocycles. The lowest BCUT2D eigenvalue weighted by Gasteiger charge is -2.07. The molecular weight excluding hydrogens is 416 g/mol. The predicted molar refractivity (Wildman–Crippen MR) is 109 cm³/mol. The van der Waals surface area contributed by atoms with Gasteiger partial charge in [0.05, 0.1) is 21.5 Å². The first-order chi connectivity index (χ1) is 13.8. The second-order valence-corrected chi connectivity index (χ2v) is 8.23. The van der Waals surface area contributed by atoms with Crippen LogP contribution in [0.3, 0.4) is 0 Å². The maximum absolute atomic E-state index is 12.4. The van der Waals surface area contributed by atoms with Crippen LogP contribution in [0.5, 0.6) is 0 Å². The summed E-state index contributed by atoms with van der Waals surface area (Å²) in [6, 6.07) is 13.5. The number of carboxylic acid groups (broad SMARTS) is 1. The number of H-pyrrole nitrogens is 1. The van der Waals surface area contributed by atoms with Crippen LogP contribution in [0.15, 0.2) is 65.7 Å². The summed E-state index contributed by atoms with van der Waals surface area (Å²) in [4.78, 5) is 22.7. The van der Waals surface area contributed by atoms with Crippen molar-refractivity contribution in [1.29, 1.82) is 0 Å². The van der Waals surface area contributed by atoms with Crippen LogP contribution in [-0.4, -0.2) is 34.4 Å². The summed E-state index contributed by atoms with van der Waals surface area (Å²) in [5.74, 6) is -0.392. The van der Waals surface area contributed by atoms with Gasteiger partial charge in [-0.05, 0) is 54.6 Å². The maximum atomic E-state index is 12.4. The van der Waals surface area contributed by atoms with Gasteiger partial charge >= 0.3 is 5.97 Å². The molecule has 2 aromatic heterocycles. The molecular formula is C19H13ClN4O4S. The number of carbonyl (C=O) groups is 1. The van der Waals surface area contributed by atoms with Gasteiger partial charge in [0, 0.05) is 16.8 Å². The van der Waals surface area contributed by atoms with E-state index in [9.17, 15) is 13.2 Å². The van der Waals surface area contributed by atoms with E-state index in [1.165, 1.54) is 48.7 Å². The topological polar surface area (TPSA) is 125 Å². The fraction of sp³-hybridized carbons (Fsp3) is 0. The number of pyridine rings is 1. The first-order valence-corrected chi connectivity index (χ1v) is 10.2. The van der Waals surface area contributed by atoms with Crippen molar-refractivity contribution < 1.29 is 18.3 Å². The number of carboxylic acids is 1. The number of fused-ring (bicyclic) bond motifs is 1. The van der Waals surface area contributed by atoms with Gasteiger partial charge in [0.2, 0.25) is 0 Å². The van der Waals surface area contributed by atoms with E-state index < -0.39 is 16.0 Å². The normalized spacial score (nSPS) is 11.5. The molecule has 2 aromatic carbocycles. The Kier molecular flexibility index (Phi) is 4.69.